The quantitative estimate of drug-likeness (QED) is 0.170. The standard InChI is InChI=1S/C24H21BrClIN2O3/c1-2-31-22-12-18(14-28-29-23(30)13-16-5-9-20(26)10-6-16)11-21(27)24(22)32-15-17-3-7-19(25)8-4-17/h3-12,14H,2,13,15H2,1H3,(H,29,30)/b28-14-. The zero-order chi connectivity index (χ0) is 22.9. The maximum atomic E-state index is 12.1. The van der Waals surface area contributed by atoms with Crippen molar-refractivity contribution in [3.8, 4) is 11.5 Å². The van der Waals surface area contributed by atoms with Crippen LogP contribution in [0.15, 0.2) is 70.2 Å². The second-order valence-electron chi connectivity index (χ2n) is 6.77. The molecule has 1 amide bonds. The van der Waals surface area contributed by atoms with E-state index in [0.717, 1.165) is 24.7 Å². The van der Waals surface area contributed by atoms with Crippen LogP contribution in [0, 0.1) is 3.57 Å². The third-order valence-electron chi connectivity index (χ3n) is 4.31. The first-order valence-corrected chi connectivity index (χ1v) is 12.1. The van der Waals surface area contributed by atoms with Crippen LogP contribution >= 0.6 is 50.1 Å². The van der Waals surface area contributed by atoms with Crippen molar-refractivity contribution in [2.75, 3.05) is 6.61 Å². The second kappa shape index (κ2) is 12.2. The van der Waals surface area contributed by atoms with E-state index < -0.39 is 0 Å². The Morgan fingerprint density at radius 3 is 2.47 bits per heavy atom. The van der Waals surface area contributed by atoms with Gasteiger partial charge in [-0.1, -0.05) is 51.8 Å². The highest BCUT2D eigenvalue weighted by molar-refractivity contribution is 14.1. The lowest BCUT2D eigenvalue weighted by Gasteiger charge is -2.15. The first kappa shape index (κ1) is 24.5. The summed E-state index contributed by atoms with van der Waals surface area (Å²) in [5.74, 6) is 1.10. The summed E-state index contributed by atoms with van der Waals surface area (Å²) in [6.07, 6.45) is 1.81. The topological polar surface area (TPSA) is 59.9 Å². The molecule has 0 aromatic heterocycles. The highest BCUT2D eigenvalue weighted by Crippen LogP contribution is 2.34. The largest absolute Gasteiger partial charge is 0.490 e. The molecular formula is C24H21BrClIN2O3. The van der Waals surface area contributed by atoms with Crippen LogP contribution in [0.25, 0.3) is 0 Å². The normalized spacial score (nSPS) is 10.9. The minimum atomic E-state index is -0.210. The van der Waals surface area contributed by atoms with Crippen LogP contribution in [-0.4, -0.2) is 18.7 Å². The number of nitrogens with zero attached hydrogens (tertiary/aromatic N) is 1. The van der Waals surface area contributed by atoms with Gasteiger partial charge >= 0.3 is 0 Å². The van der Waals surface area contributed by atoms with Gasteiger partial charge in [-0.25, -0.2) is 5.43 Å². The number of carbonyl (C=O) groups excluding carboxylic acids is 1. The van der Waals surface area contributed by atoms with Crippen molar-refractivity contribution in [1.29, 1.82) is 0 Å². The number of ether oxygens (including phenoxy) is 2. The van der Waals surface area contributed by atoms with Gasteiger partial charge in [0.15, 0.2) is 11.5 Å². The molecule has 0 fully saturated rings. The fourth-order valence-corrected chi connectivity index (χ4v) is 3.98. The molecule has 0 atom stereocenters. The van der Waals surface area contributed by atoms with Crippen molar-refractivity contribution in [3.05, 3.63) is 90.4 Å². The van der Waals surface area contributed by atoms with Gasteiger partial charge in [-0.05, 0) is 82.6 Å². The van der Waals surface area contributed by atoms with Crippen LogP contribution in [0.4, 0.5) is 0 Å². The van der Waals surface area contributed by atoms with E-state index in [4.69, 9.17) is 21.1 Å². The van der Waals surface area contributed by atoms with Gasteiger partial charge in [-0.3, -0.25) is 4.79 Å². The summed E-state index contributed by atoms with van der Waals surface area (Å²) in [5, 5.41) is 4.71. The number of benzene rings is 3. The van der Waals surface area contributed by atoms with Crippen LogP contribution in [0.5, 0.6) is 11.5 Å². The van der Waals surface area contributed by atoms with E-state index in [1.54, 1.807) is 18.3 Å². The number of rotatable bonds is 9. The van der Waals surface area contributed by atoms with Crippen molar-refractivity contribution in [2.45, 2.75) is 20.0 Å². The van der Waals surface area contributed by atoms with Gasteiger partial charge in [0.05, 0.1) is 22.8 Å². The van der Waals surface area contributed by atoms with Crippen molar-refractivity contribution in [1.82, 2.24) is 5.43 Å². The number of nitrogens with one attached hydrogen (secondary N) is 1. The Labute approximate surface area is 214 Å². The smallest absolute Gasteiger partial charge is 0.244 e. The van der Waals surface area contributed by atoms with Gasteiger partial charge in [0.1, 0.15) is 6.61 Å². The van der Waals surface area contributed by atoms with Crippen LogP contribution < -0.4 is 14.9 Å². The number of carbonyl (C=O) groups is 1. The molecule has 3 rings (SSSR count). The summed E-state index contributed by atoms with van der Waals surface area (Å²) in [7, 11) is 0. The molecule has 32 heavy (non-hydrogen) atoms. The van der Waals surface area contributed by atoms with Gasteiger partial charge in [-0.15, -0.1) is 0 Å². The molecule has 0 saturated heterocycles. The highest BCUT2D eigenvalue weighted by Gasteiger charge is 2.12. The summed E-state index contributed by atoms with van der Waals surface area (Å²) >= 11 is 11.5. The molecule has 1 N–H and O–H groups in total. The maximum Gasteiger partial charge on any atom is 0.244 e. The lowest BCUT2D eigenvalue weighted by molar-refractivity contribution is -0.120. The third-order valence-corrected chi connectivity index (χ3v) is 5.89. The summed E-state index contributed by atoms with van der Waals surface area (Å²) in [6.45, 7) is 2.85. The third kappa shape index (κ3) is 7.50. The van der Waals surface area contributed by atoms with E-state index in [0.29, 0.717) is 29.7 Å². The zero-order valence-electron chi connectivity index (χ0n) is 17.3. The number of amides is 1. The Balaban J connectivity index is 1.65. The van der Waals surface area contributed by atoms with Crippen molar-refractivity contribution in [2.24, 2.45) is 5.10 Å². The summed E-state index contributed by atoms with van der Waals surface area (Å²) in [6, 6.07) is 18.9. The first-order chi connectivity index (χ1) is 15.4. The molecule has 166 valence electrons. The molecule has 0 bridgehead atoms. The SMILES string of the molecule is CCOc1cc(/C=N\NC(=O)Cc2ccc(Cl)cc2)cc(I)c1OCc1ccc(Br)cc1. The summed E-state index contributed by atoms with van der Waals surface area (Å²) in [4.78, 5) is 12.1. The van der Waals surface area contributed by atoms with Gasteiger partial charge < -0.3 is 9.47 Å². The van der Waals surface area contributed by atoms with Crippen LogP contribution in [0.3, 0.4) is 0 Å². The zero-order valence-corrected chi connectivity index (χ0v) is 21.8. The first-order valence-electron chi connectivity index (χ1n) is 9.84. The second-order valence-corrected chi connectivity index (χ2v) is 9.29. The van der Waals surface area contributed by atoms with Gasteiger partial charge in [0.2, 0.25) is 5.91 Å². The van der Waals surface area contributed by atoms with Crippen molar-refractivity contribution >= 4 is 62.2 Å². The van der Waals surface area contributed by atoms with Crippen molar-refractivity contribution in [3.63, 3.8) is 0 Å². The average molecular weight is 628 g/mol. The molecule has 3 aromatic rings. The van der Waals surface area contributed by atoms with E-state index >= 15 is 0 Å². The lowest BCUT2D eigenvalue weighted by atomic mass is 10.1. The van der Waals surface area contributed by atoms with E-state index in [2.05, 4.69) is 49.0 Å². The van der Waals surface area contributed by atoms with Crippen molar-refractivity contribution < 1.29 is 14.3 Å². The predicted octanol–water partition coefficient (Wildman–Crippen LogP) is 6.38. The lowest BCUT2D eigenvalue weighted by Crippen LogP contribution is -2.19. The van der Waals surface area contributed by atoms with Crippen LogP contribution in [0.2, 0.25) is 5.02 Å². The molecule has 0 spiro atoms. The minimum absolute atomic E-state index is 0.210. The summed E-state index contributed by atoms with van der Waals surface area (Å²) < 4.78 is 13.7. The predicted molar refractivity (Wildman–Crippen MR) is 140 cm³/mol. The molecular weight excluding hydrogens is 607 g/mol. The molecule has 3 aromatic carbocycles. The molecule has 5 nitrogen and oxygen atoms in total. The minimum Gasteiger partial charge on any atom is -0.490 e. The Morgan fingerprint density at radius 1 is 1.09 bits per heavy atom. The fraction of sp³-hybridized carbons (Fsp3) is 0.167. The number of hydrogen-bond acceptors (Lipinski definition) is 4. The Hall–Kier alpha value is -2.10. The summed E-state index contributed by atoms with van der Waals surface area (Å²) in [5.41, 5.74) is 5.26. The molecule has 0 aliphatic rings. The van der Waals surface area contributed by atoms with E-state index in [9.17, 15) is 4.79 Å². The Kier molecular flexibility index (Phi) is 9.37. The number of halogens is 3. The number of hydrogen-bond donors (Lipinski definition) is 1. The van der Waals surface area contributed by atoms with Gasteiger partial charge in [0, 0.05) is 9.50 Å². The number of hydrazone groups is 1. The van der Waals surface area contributed by atoms with E-state index in [1.165, 1.54) is 0 Å². The van der Waals surface area contributed by atoms with Crippen LogP contribution in [-0.2, 0) is 17.8 Å². The molecule has 0 unspecified atom stereocenters. The highest BCUT2D eigenvalue weighted by atomic mass is 127. The van der Waals surface area contributed by atoms with E-state index in [-0.39, 0.29) is 12.3 Å². The fourth-order valence-electron chi connectivity index (χ4n) is 2.81. The Bertz CT molecular complexity index is 1090. The molecule has 0 radical (unpaired) electrons. The molecule has 0 heterocycles. The van der Waals surface area contributed by atoms with Crippen LogP contribution in [0.1, 0.15) is 23.6 Å². The monoisotopic (exact) mass is 626 g/mol. The van der Waals surface area contributed by atoms with Gasteiger partial charge in [0.25, 0.3) is 0 Å². The molecule has 8 heteroatoms. The maximum absolute atomic E-state index is 12.1. The average Bonchev–Trinajstić information content (AvgIpc) is 2.76. The molecule has 0 aliphatic carbocycles. The molecule has 0 saturated carbocycles. The van der Waals surface area contributed by atoms with Gasteiger partial charge in [-0.2, -0.15) is 5.10 Å². The Morgan fingerprint density at radius 2 is 1.78 bits per heavy atom. The molecule has 0 aliphatic heterocycles. The van der Waals surface area contributed by atoms with E-state index in [1.807, 2.05) is 55.5 Å².